The lowest BCUT2D eigenvalue weighted by Gasteiger charge is -2.20. The zero-order valence-corrected chi connectivity index (χ0v) is 12.7. The Kier molecular flexibility index (Phi) is 3.85. The maximum Gasteiger partial charge on any atom is 0.252 e. The molecule has 2 aromatic rings. The molecule has 2 heterocycles. The Bertz CT molecular complexity index is 698. The van der Waals surface area contributed by atoms with E-state index in [1.54, 1.807) is 17.5 Å². The fourth-order valence-electron chi connectivity index (χ4n) is 1.75. The van der Waals surface area contributed by atoms with Gasteiger partial charge in [0, 0.05) is 24.2 Å². The third-order valence-corrected chi connectivity index (χ3v) is 3.69. The van der Waals surface area contributed by atoms with Crippen molar-refractivity contribution in [2.24, 2.45) is 0 Å². The molecule has 0 aliphatic rings. The number of amides is 1. The molecule has 2 aromatic heterocycles. The second-order valence-corrected chi connectivity index (χ2v) is 6.31. The number of nitrogens with zero attached hydrogens (tertiary/aromatic N) is 3. The third kappa shape index (κ3) is 2.84. The molecular formula is C12H17N5O2S. The quantitative estimate of drug-likeness (QED) is 0.807. The minimum atomic E-state index is -0.239. The van der Waals surface area contributed by atoms with Crippen LogP contribution in [0.25, 0.3) is 5.78 Å². The van der Waals surface area contributed by atoms with Gasteiger partial charge >= 0.3 is 0 Å². The standard InChI is InChI=1S/C12H17N5O2S/c1-12(2,3)7-5-8(18)14-10-15-16-11(17(7)10)20-6-9(19)13-4/h5H,6H2,1-4H3,(H,13,19)(H,14,15,18). The molecular weight excluding hydrogens is 278 g/mol. The van der Waals surface area contributed by atoms with E-state index in [4.69, 9.17) is 0 Å². The minimum Gasteiger partial charge on any atom is -0.358 e. The molecule has 0 aliphatic carbocycles. The lowest BCUT2D eigenvalue weighted by atomic mass is 9.92. The Labute approximate surface area is 120 Å². The SMILES string of the molecule is CNC(=O)CSc1nnc2[nH]c(=O)cc(C(C)(C)C)n12. The van der Waals surface area contributed by atoms with Crippen molar-refractivity contribution in [3.05, 3.63) is 22.1 Å². The van der Waals surface area contributed by atoms with Crippen LogP contribution in [-0.4, -0.2) is 38.3 Å². The van der Waals surface area contributed by atoms with Gasteiger partial charge in [-0.15, -0.1) is 10.2 Å². The van der Waals surface area contributed by atoms with Crippen LogP contribution in [0, 0.1) is 0 Å². The van der Waals surface area contributed by atoms with Crippen molar-refractivity contribution in [2.45, 2.75) is 31.3 Å². The van der Waals surface area contributed by atoms with E-state index in [0.29, 0.717) is 10.9 Å². The van der Waals surface area contributed by atoms with Crippen LogP contribution in [0.4, 0.5) is 0 Å². The molecule has 0 saturated heterocycles. The molecule has 0 aromatic carbocycles. The maximum atomic E-state index is 11.7. The molecule has 1 amide bonds. The van der Waals surface area contributed by atoms with Gasteiger partial charge in [-0.05, 0) is 0 Å². The summed E-state index contributed by atoms with van der Waals surface area (Å²) in [5.74, 6) is 0.551. The predicted molar refractivity (Wildman–Crippen MR) is 77.1 cm³/mol. The first-order valence-electron chi connectivity index (χ1n) is 6.15. The Morgan fingerprint density at radius 3 is 2.75 bits per heavy atom. The number of thioether (sulfide) groups is 1. The molecule has 0 atom stereocenters. The average Bonchev–Trinajstić information content (AvgIpc) is 2.76. The fourth-order valence-corrected chi connectivity index (χ4v) is 2.57. The second kappa shape index (κ2) is 5.28. The second-order valence-electron chi connectivity index (χ2n) is 5.37. The van der Waals surface area contributed by atoms with Crippen LogP contribution in [0.5, 0.6) is 0 Å². The van der Waals surface area contributed by atoms with Gasteiger partial charge in [0.25, 0.3) is 5.56 Å². The number of nitrogens with one attached hydrogen (secondary N) is 2. The Hall–Kier alpha value is -1.83. The number of aromatic amines is 1. The molecule has 108 valence electrons. The number of aromatic nitrogens is 4. The first kappa shape index (κ1) is 14.6. The molecule has 0 bridgehead atoms. The van der Waals surface area contributed by atoms with Gasteiger partial charge in [0.15, 0.2) is 5.16 Å². The van der Waals surface area contributed by atoms with Gasteiger partial charge in [-0.1, -0.05) is 32.5 Å². The lowest BCUT2D eigenvalue weighted by molar-refractivity contribution is -0.118. The normalized spacial score (nSPS) is 11.8. The predicted octanol–water partition coefficient (Wildman–Crippen LogP) is 0.553. The average molecular weight is 295 g/mol. The summed E-state index contributed by atoms with van der Waals surface area (Å²) < 4.78 is 1.79. The van der Waals surface area contributed by atoms with Crippen LogP contribution in [0.3, 0.4) is 0 Å². The minimum absolute atomic E-state index is 0.0894. The molecule has 0 saturated carbocycles. The largest absolute Gasteiger partial charge is 0.358 e. The van der Waals surface area contributed by atoms with E-state index in [9.17, 15) is 9.59 Å². The van der Waals surface area contributed by atoms with Crippen LogP contribution in [0.2, 0.25) is 0 Å². The summed E-state index contributed by atoms with van der Waals surface area (Å²) >= 11 is 1.28. The van der Waals surface area contributed by atoms with Gasteiger partial charge in [0.05, 0.1) is 5.75 Å². The first-order valence-corrected chi connectivity index (χ1v) is 7.14. The van der Waals surface area contributed by atoms with Crippen molar-refractivity contribution in [1.82, 2.24) is 24.9 Å². The van der Waals surface area contributed by atoms with Crippen LogP contribution in [-0.2, 0) is 10.2 Å². The van der Waals surface area contributed by atoms with E-state index in [1.165, 1.54) is 11.8 Å². The molecule has 0 aliphatic heterocycles. The molecule has 0 fully saturated rings. The van der Waals surface area contributed by atoms with Crippen molar-refractivity contribution >= 4 is 23.4 Å². The van der Waals surface area contributed by atoms with Crippen LogP contribution in [0.1, 0.15) is 26.5 Å². The van der Waals surface area contributed by atoms with Crippen LogP contribution in [0.15, 0.2) is 16.0 Å². The summed E-state index contributed by atoms with van der Waals surface area (Å²) in [6.45, 7) is 6.03. The molecule has 2 rings (SSSR count). The van der Waals surface area contributed by atoms with Crippen LogP contribution >= 0.6 is 11.8 Å². The third-order valence-electron chi connectivity index (χ3n) is 2.76. The number of hydrogen-bond donors (Lipinski definition) is 2. The van der Waals surface area contributed by atoms with Crippen LogP contribution < -0.4 is 10.9 Å². The summed E-state index contributed by atoms with van der Waals surface area (Å²) in [6, 6.07) is 1.54. The Morgan fingerprint density at radius 1 is 1.45 bits per heavy atom. The molecule has 7 nitrogen and oxygen atoms in total. The number of fused-ring (bicyclic) bond motifs is 1. The van der Waals surface area contributed by atoms with E-state index in [-0.39, 0.29) is 22.6 Å². The number of hydrogen-bond acceptors (Lipinski definition) is 5. The van der Waals surface area contributed by atoms with E-state index in [1.807, 2.05) is 20.8 Å². The van der Waals surface area contributed by atoms with E-state index >= 15 is 0 Å². The molecule has 8 heteroatoms. The Balaban J connectivity index is 2.52. The van der Waals surface area contributed by atoms with Crippen molar-refractivity contribution in [3.8, 4) is 0 Å². The number of carbonyl (C=O) groups is 1. The monoisotopic (exact) mass is 295 g/mol. The zero-order valence-electron chi connectivity index (χ0n) is 11.9. The van der Waals surface area contributed by atoms with Crippen molar-refractivity contribution in [3.63, 3.8) is 0 Å². The number of H-pyrrole nitrogens is 1. The molecule has 2 N–H and O–H groups in total. The van der Waals surface area contributed by atoms with Gasteiger partial charge < -0.3 is 5.32 Å². The summed E-state index contributed by atoms with van der Waals surface area (Å²) in [5.41, 5.74) is 0.357. The topological polar surface area (TPSA) is 92.2 Å². The highest BCUT2D eigenvalue weighted by molar-refractivity contribution is 7.99. The summed E-state index contributed by atoms with van der Waals surface area (Å²) in [5, 5.41) is 11.1. The molecule has 0 unspecified atom stereocenters. The Morgan fingerprint density at radius 2 is 2.15 bits per heavy atom. The van der Waals surface area contributed by atoms with E-state index < -0.39 is 0 Å². The highest BCUT2D eigenvalue weighted by atomic mass is 32.2. The van der Waals surface area contributed by atoms with Gasteiger partial charge in [-0.3, -0.25) is 19.0 Å². The van der Waals surface area contributed by atoms with Gasteiger partial charge in [-0.25, -0.2) is 0 Å². The van der Waals surface area contributed by atoms with Gasteiger partial charge in [0.2, 0.25) is 11.7 Å². The van der Waals surface area contributed by atoms with Crippen molar-refractivity contribution in [1.29, 1.82) is 0 Å². The fraction of sp³-hybridized carbons (Fsp3) is 0.500. The molecule has 0 radical (unpaired) electrons. The summed E-state index contributed by atoms with van der Waals surface area (Å²) in [6.07, 6.45) is 0. The molecule has 0 spiro atoms. The zero-order chi connectivity index (χ0) is 14.9. The van der Waals surface area contributed by atoms with Crippen molar-refractivity contribution < 1.29 is 4.79 Å². The van der Waals surface area contributed by atoms with E-state index in [0.717, 1.165) is 5.69 Å². The smallest absolute Gasteiger partial charge is 0.252 e. The summed E-state index contributed by atoms with van der Waals surface area (Å²) in [4.78, 5) is 25.6. The first-order chi connectivity index (χ1) is 9.32. The number of carbonyl (C=O) groups excluding carboxylic acids is 1. The summed E-state index contributed by atoms with van der Waals surface area (Å²) in [7, 11) is 1.59. The van der Waals surface area contributed by atoms with Gasteiger partial charge in [0.1, 0.15) is 0 Å². The molecule has 20 heavy (non-hydrogen) atoms. The van der Waals surface area contributed by atoms with E-state index in [2.05, 4.69) is 20.5 Å². The van der Waals surface area contributed by atoms with Gasteiger partial charge in [-0.2, -0.15) is 0 Å². The lowest BCUT2D eigenvalue weighted by Crippen LogP contribution is -2.23. The number of rotatable bonds is 3. The van der Waals surface area contributed by atoms with Crippen molar-refractivity contribution in [2.75, 3.05) is 12.8 Å². The maximum absolute atomic E-state index is 11.7. The highest BCUT2D eigenvalue weighted by Crippen LogP contribution is 2.25. The highest BCUT2D eigenvalue weighted by Gasteiger charge is 2.22.